The van der Waals surface area contributed by atoms with Gasteiger partial charge in [-0.25, -0.2) is 5.01 Å². The lowest BCUT2D eigenvalue weighted by Crippen LogP contribution is -2.44. The largest absolute Gasteiger partial charge is 0.385 e. The first-order valence-corrected chi connectivity index (χ1v) is 7.33. The van der Waals surface area contributed by atoms with Crippen LogP contribution in [-0.2, 0) is 9.59 Å². The number of aliphatic hydroxyl groups is 2. The van der Waals surface area contributed by atoms with Gasteiger partial charge in [0.05, 0.1) is 0 Å². The maximum absolute atomic E-state index is 12.0. The second-order valence-corrected chi connectivity index (χ2v) is 5.75. The predicted octanol–water partition coefficient (Wildman–Crippen LogP) is 0.580. The maximum Gasteiger partial charge on any atom is 0.272 e. The number of benzene rings is 1. The molecule has 2 rings (SSSR count). The number of hydrazone groups is 1. The monoisotopic (exact) mass is 308 g/mol. The summed E-state index contributed by atoms with van der Waals surface area (Å²) in [6.45, 7) is 2.65. The van der Waals surface area contributed by atoms with Gasteiger partial charge in [0.2, 0.25) is 0 Å². The molecule has 0 saturated heterocycles. The van der Waals surface area contributed by atoms with Crippen molar-refractivity contribution in [1.82, 2.24) is 5.01 Å². The zero-order chi connectivity index (χ0) is 15.6. The fourth-order valence-electron chi connectivity index (χ4n) is 1.78. The summed E-state index contributed by atoms with van der Waals surface area (Å²) < 4.78 is 0. The lowest BCUT2D eigenvalue weighted by atomic mass is 10.2. The zero-order valence-electron chi connectivity index (χ0n) is 11.6. The van der Waals surface area contributed by atoms with Gasteiger partial charge in [-0.05, 0) is 13.8 Å². The van der Waals surface area contributed by atoms with Crippen molar-refractivity contribution in [3.8, 4) is 0 Å². The second-order valence-electron chi connectivity index (χ2n) is 4.68. The van der Waals surface area contributed by atoms with Crippen LogP contribution in [0, 0.1) is 0 Å². The van der Waals surface area contributed by atoms with Crippen LogP contribution in [-0.4, -0.2) is 49.5 Å². The highest BCUT2D eigenvalue weighted by Gasteiger charge is 2.40. The molecule has 0 aliphatic carbocycles. The van der Waals surface area contributed by atoms with Gasteiger partial charge in [0.15, 0.2) is 11.2 Å². The summed E-state index contributed by atoms with van der Waals surface area (Å²) in [6.07, 6.45) is -2.48. The first-order valence-electron chi connectivity index (χ1n) is 6.45. The third-order valence-electron chi connectivity index (χ3n) is 2.90. The molecular weight excluding hydrogens is 292 g/mol. The molecule has 2 N–H and O–H groups in total. The molecular formula is C14H16N2O4S. The van der Waals surface area contributed by atoms with Gasteiger partial charge < -0.3 is 10.2 Å². The Bertz CT molecular complexity index is 572. The summed E-state index contributed by atoms with van der Waals surface area (Å²) in [6, 6.07) is 9.12. The number of thioether (sulfide) groups is 1. The van der Waals surface area contributed by atoms with Crippen LogP contribution in [0.3, 0.4) is 0 Å². The van der Waals surface area contributed by atoms with Crippen molar-refractivity contribution >= 4 is 28.5 Å². The average molecular weight is 308 g/mol. The van der Waals surface area contributed by atoms with E-state index in [4.69, 9.17) is 0 Å². The Morgan fingerprint density at radius 3 is 2.33 bits per heavy atom. The molecule has 1 aromatic rings. The second kappa shape index (κ2) is 6.38. The Hall–Kier alpha value is -1.70. The molecule has 1 amide bonds. The number of aliphatic hydroxyl groups excluding tert-OH is 2. The van der Waals surface area contributed by atoms with Crippen LogP contribution in [0.2, 0.25) is 0 Å². The van der Waals surface area contributed by atoms with E-state index >= 15 is 0 Å². The molecule has 1 aliphatic rings. The van der Waals surface area contributed by atoms with E-state index < -0.39 is 29.3 Å². The molecule has 112 valence electrons. The minimum atomic E-state index is -1.27. The molecule has 21 heavy (non-hydrogen) atoms. The van der Waals surface area contributed by atoms with Gasteiger partial charge in [-0.1, -0.05) is 42.1 Å². The Labute approximate surface area is 126 Å². The molecule has 0 fully saturated rings. The number of amides is 1. The van der Waals surface area contributed by atoms with Crippen molar-refractivity contribution in [3.05, 3.63) is 35.9 Å². The number of rotatable bonds is 4. The molecule has 0 aromatic heterocycles. The highest BCUT2D eigenvalue weighted by molar-refractivity contribution is 8.15. The van der Waals surface area contributed by atoms with Crippen molar-refractivity contribution in [3.63, 3.8) is 0 Å². The number of ketones is 1. The van der Waals surface area contributed by atoms with Crippen LogP contribution < -0.4 is 0 Å². The third kappa shape index (κ3) is 3.31. The SMILES string of the molecule is CC(O)C(=O)C1SC(c2ccccc2)=NN1C(=O)C(C)O. The molecule has 0 saturated carbocycles. The number of hydrogen-bond acceptors (Lipinski definition) is 6. The van der Waals surface area contributed by atoms with Crippen molar-refractivity contribution in [2.75, 3.05) is 0 Å². The van der Waals surface area contributed by atoms with Gasteiger partial charge in [0.25, 0.3) is 5.91 Å². The first kappa shape index (κ1) is 15.7. The van der Waals surface area contributed by atoms with E-state index in [0.717, 1.165) is 22.3 Å². The van der Waals surface area contributed by atoms with Gasteiger partial charge in [0, 0.05) is 5.56 Å². The number of carbonyl (C=O) groups is 2. The minimum absolute atomic E-state index is 0.503. The summed E-state index contributed by atoms with van der Waals surface area (Å²) in [4.78, 5) is 24.0. The van der Waals surface area contributed by atoms with E-state index in [1.54, 1.807) is 0 Å². The van der Waals surface area contributed by atoms with Crippen molar-refractivity contribution in [2.24, 2.45) is 5.10 Å². The Morgan fingerprint density at radius 2 is 1.81 bits per heavy atom. The van der Waals surface area contributed by atoms with E-state index in [0.29, 0.717) is 5.04 Å². The Kier molecular flexibility index (Phi) is 4.76. The Morgan fingerprint density at radius 1 is 1.19 bits per heavy atom. The normalized spacial score (nSPS) is 20.9. The van der Waals surface area contributed by atoms with E-state index in [2.05, 4.69) is 5.10 Å². The van der Waals surface area contributed by atoms with Crippen LogP contribution in [0.5, 0.6) is 0 Å². The number of hydrogen-bond donors (Lipinski definition) is 2. The first-order chi connectivity index (χ1) is 9.91. The molecule has 6 nitrogen and oxygen atoms in total. The summed E-state index contributed by atoms with van der Waals surface area (Å²) >= 11 is 1.09. The van der Waals surface area contributed by atoms with Crippen LogP contribution in [0.1, 0.15) is 19.4 Å². The maximum atomic E-state index is 12.0. The molecule has 0 radical (unpaired) electrons. The smallest absolute Gasteiger partial charge is 0.272 e. The molecule has 7 heteroatoms. The lowest BCUT2D eigenvalue weighted by molar-refractivity contribution is -0.144. The van der Waals surface area contributed by atoms with Crippen molar-refractivity contribution < 1.29 is 19.8 Å². The van der Waals surface area contributed by atoms with Gasteiger partial charge in [-0.3, -0.25) is 9.59 Å². The quantitative estimate of drug-likeness (QED) is 0.849. The number of carbonyl (C=O) groups excluding carboxylic acids is 2. The summed E-state index contributed by atoms with van der Waals surface area (Å²) in [7, 11) is 0. The summed E-state index contributed by atoms with van der Waals surface area (Å²) in [5.74, 6) is -1.20. The molecule has 0 spiro atoms. The summed E-state index contributed by atoms with van der Waals surface area (Å²) in [5, 5.41) is 23.5. The third-order valence-corrected chi connectivity index (χ3v) is 4.10. The number of Topliss-reactive ketones (excluding diaryl/α,β-unsaturated/α-hetero) is 1. The molecule has 1 heterocycles. The topological polar surface area (TPSA) is 90.2 Å². The van der Waals surface area contributed by atoms with Crippen LogP contribution in [0.25, 0.3) is 0 Å². The van der Waals surface area contributed by atoms with Gasteiger partial charge in [-0.15, -0.1) is 0 Å². The molecule has 1 aromatic carbocycles. The summed E-state index contributed by atoms with van der Waals surface area (Å²) in [5.41, 5.74) is 0.770. The molecule has 3 atom stereocenters. The lowest BCUT2D eigenvalue weighted by Gasteiger charge is -2.21. The van der Waals surface area contributed by atoms with Crippen LogP contribution in [0.15, 0.2) is 35.4 Å². The van der Waals surface area contributed by atoms with E-state index in [9.17, 15) is 19.8 Å². The van der Waals surface area contributed by atoms with E-state index in [1.165, 1.54) is 13.8 Å². The van der Waals surface area contributed by atoms with Gasteiger partial charge in [-0.2, -0.15) is 5.10 Å². The molecule has 1 aliphatic heterocycles. The fourth-order valence-corrected chi connectivity index (χ4v) is 2.96. The van der Waals surface area contributed by atoms with Gasteiger partial charge in [0.1, 0.15) is 17.3 Å². The highest BCUT2D eigenvalue weighted by atomic mass is 32.2. The minimum Gasteiger partial charge on any atom is -0.385 e. The molecule has 0 bridgehead atoms. The van der Waals surface area contributed by atoms with E-state index in [-0.39, 0.29) is 0 Å². The van der Waals surface area contributed by atoms with Crippen molar-refractivity contribution in [1.29, 1.82) is 0 Å². The standard InChI is InChI=1S/C14H16N2O4S/c1-8(17)11(19)14-16(13(20)9(2)18)15-12(21-14)10-6-4-3-5-7-10/h3-9,14,17-18H,1-2H3. The van der Waals surface area contributed by atoms with E-state index in [1.807, 2.05) is 30.3 Å². The van der Waals surface area contributed by atoms with Gasteiger partial charge >= 0.3 is 0 Å². The highest BCUT2D eigenvalue weighted by Crippen LogP contribution is 2.31. The number of nitrogens with zero attached hydrogens (tertiary/aromatic N) is 2. The average Bonchev–Trinajstić information content (AvgIpc) is 2.91. The Balaban J connectivity index is 2.33. The van der Waals surface area contributed by atoms with Crippen LogP contribution >= 0.6 is 11.8 Å². The van der Waals surface area contributed by atoms with Crippen molar-refractivity contribution in [2.45, 2.75) is 31.4 Å². The predicted molar refractivity (Wildman–Crippen MR) is 79.6 cm³/mol. The van der Waals surface area contributed by atoms with Crippen LogP contribution in [0.4, 0.5) is 0 Å². The molecule has 3 unspecified atom stereocenters. The fraction of sp³-hybridized carbons (Fsp3) is 0.357. The zero-order valence-corrected chi connectivity index (χ0v) is 12.4.